The van der Waals surface area contributed by atoms with Crippen LogP contribution in [0.4, 0.5) is 0 Å². The van der Waals surface area contributed by atoms with Crippen molar-refractivity contribution in [3.63, 3.8) is 0 Å². The lowest BCUT2D eigenvalue weighted by Gasteiger charge is -2.18. The molecule has 27 heavy (non-hydrogen) atoms. The summed E-state index contributed by atoms with van der Waals surface area (Å²) in [6.07, 6.45) is -0.146. The SMILES string of the molecule is COC(=O)C[C@H](c1ccc2c(c1)OCO2)c1c(O)c2ccccc2oc1=O. The van der Waals surface area contributed by atoms with Gasteiger partial charge in [0.2, 0.25) is 6.79 Å². The summed E-state index contributed by atoms with van der Waals surface area (Å²) in [5, 5.41) is 11.2. The molecular weight excluding hydrogens is 352 g/mol. The quantitative estimate of drug-likeness (QED) is 0.559. The molecule has 0 aliphatic carbocycles. The zero-order valence-electron chi connectivity index (χ0n) is 14.4. The molecule has 7 heteroatoms. The molecule has 7 nitrogen and oxygen atoms in total. The van der Waals surface area contributed by atoms with Crippen LogP contribution in [-0.4, -0.2) is 25.0 Å². The van der Waals surface area contributed by atoms with Crippen molar-refractivity contribution in [3.05, 3.63) is 64.0 Å². The number of para-hydroxylation sites is 1. The van der Waals surface area contributed by atoms with Crippen molar-refractivity contribution in [1.82, 2.24) is 0 Å². The number of benzene rings is 2. The molecule has 0 fully saturated rings. The van der Waals surface area contributed by atoms with Crippen molar-refractivity contribution in [2.75, 3.05) is 13.9 Å². The summed E-state index contributed by atoms with van der Waals surface area (Å²) >= 11 is 0. The van der Waals surface area contributed by atoms with Crippen LogP contribution in [0.1, 0.15) is 23.5 Å². The van der Waals surface area contributed by atoms with Crippen LogP contribution in [0.5, 0.6) is 17.2 Å². The lowest BCUT2D eigenvalue weighted by molar-refractivity contribution is -0.140. The molecule has 2 heterocycles. The Morgan fingerprint density at radius 1 is 1.19 bits per heavy atom. The second kappa shape index (κ2) is 6.68. The van der Waals surface area contributed by atoms with Gasteiger partial charge in [-0.25, -0.2) is 4.79 Å². The molecule has 3 aromatic rings. The molecule has 2 aromatic carbocycles. The highest BCUT2D eigenvalue weighted by atomic mass is 16.7. The average molecular weight is 368 g/mol. The number of fused-ring (bicyclic) bond motifs is 2. The minimum atomic E-state index is -0.771. The highest BCUT2D eigenvalue weighted by Crippen LogP contribution is 2.40. The zero-order chi connectivity index (χ0) is 19.0. The van der Waals surface area contributed by atoms with Crippen LogP contribution in [0.2, 0.25) is 0 Å². The third-order valence-electron chi connectivity index (χ3n) is 4.57. The molecule has 1 aromatic heterocycles. The number of hydrogen-bond acceptors (Lipinski definition) is 7. The van der Waals surface area contributed by atoms with Gasteiger partial charge >= 0.3 is 11.6 Å². The number of rotatable bonds is 4. The lowest BCUT2D eigenvalue weighted by Crippen LogP contribution is -2.18. The van der Waals surface area contributed by atoms with Crippen LogP contribution in [-0.2, 0) is 9.53 Å². The van der Waals surface area contributed by atoms with Crippen LogP contribution >= 0.6 is 0 Å². The largest absolute Gasteiger partial charge is 0.507 e. The van der Waals surface area contributed by atoms with E-state index in [9.17, 15) is 14.7 Å². The molecule has 1 aliphatic heterocycles. The Kier molecular flexibility index (Phi) is 4.19. The van der Waals surface area contributed by atoms with E-state index in [1.165, 1.54) is 7.11 Å². The fourth-order valence-electron chi connectivity index (χ4n) is 3.22. The first-order valence-corrected chi connectivity index (χ1v) is 8.29. The number of hydrogen-bond donors (Lipinski definition) is 1. The van der Waals surface area contributed by atoms with E-state index in [0.717, 1.165) is 0 Å². The minimum Gasteiger partial charge on any atom is -0.507 e. The number of carbonyl (C=O) groups is 1. The van der Waals surface area contributed by atoms with Crippen molar-refractivity contribution in [3.8, 4) is 17.2 Å². The van der Waals surface area contributed by atoms with E-state index < -0.39 is 17.5 Å². The van der Waals surface area contributed by atoms with Crippen LogP contribution < -0.4 is 15.1 Å². The second-order valence-electron chi connectivity index (χ2n) is 6.09. The molecule has 1 N–H and O–H groups in total. The molecule has 0 amide bonds. The summed E-state index contributed by atoms with van der Waals surface area (Å²) in [5.41, 5.74) is 0.157. The molecule has 0 radical (unpaired) electrons. The lowest BCUT2D eigenvalue weighted by atomic mass is 9.88. The van der Waals surface area contributed by atoms with Gasteiger partial charge in [-0.15, -0.1) is 0 Å². The van der Waals surface area contributed by atoms with E-state index in [1.54, 1.807) is 42.5 Å². The van der Waals surface area contributed by atoms with Gasteiger partial charge < -0.3 is 23.7 Å². The van der Waals surface area contributed by atoms with Gasteiger partial charge in [0, 0.05) is 5.92 Å². The van der Waals surface area contributed by atoms with E-state index in [4.69, 9.17) is 18.6 Å². The van der Waals surface area contributed by atoms with Gasteiger partial charge in [-0.05, 0) is 29.8 Å². The molecule has 0 bridgehead atoms. The minimum absolute atomic E-state index is 0.00188. The van der Waals surface area contributed by atoms with Gasteiger partial charge in [-0.3, -0.25) is 4.79 Å². The van der Waals surface area contributed by atoms with Gasteiger partial charge in [0.25, 0.3) is 0 Å². The molecule has 1 aliphatic rings. The average Bonchev–Trinajstić information content (AvgIpc) is 3.14. The Balaban J connectivity index is 1.90. The molecule has 138 valence electrons. The number of ether oxygens (including phenoxy) is 3. The number of esters is 1. The maximum atomic E-state index is 12.6. The fourth-order valence-corrected chi connectivity index (χ4v) is 3.22. The molecule has 4 rings (SSSR count). The number of carbonyl (C=O) groups excluding carboxylic acids is 1. The summed E-state index contributed by atoms with van der Waals surface area (Å²) < 4.78 is 20.8. The summed E-state index contributed by atoms with van der Waals surface area (Å²) in [4.78, 5) is 24.6. The molecule has 0 unspecified atom stereocenters. The van der Waals surface area contributed by atoms with Gasteiger partial charge in [-0.1, -0.05) is 18.2 Å². The van der Waals surface area contributed by atoms with Gasteiger partial charge in [-0.2, -0.15) is 0 Å². The van der Waals surface area contributed by atoms with Crippen LogP contribution in [0.3, 0.4) is 0 Å². The van der Waals surface area contributed by atoms with Crippen molar-refractivity contribution in [2.24, 2.45) is 0 Å². The normalized spacial score (nSPS) is 13.5. The Morgan fingerprint density at radius 3 is 2.78 bits per heavy atom. The van der Waals surface area contributed by atoms with Crippen LogP contribution in [0.15, 0.2) is 51.7 Å². The summed E-state index contributed by atoms with van der Waals surface area (Å²) in [6, 6.07) is 11.8. The molecule has 0 saturated heterocycles. The maximum Gasteiger partial charge on any atom is 0.343 e. The van der Waals surface area contributed by atoms with Gasteiger partial charge in [0.1, 0.15) is 11.3 Å². The Morgan fingerprint density at radius 2 is 1.96 bits per heavy atom. The fraction of sp³-hybridized carbons (Fsp3) is 0.200. The summed E-state index contributed by atoms with van der Waals surface area (Å²) in [6.45, 7) is 0.101. The number of methoxy groups -OCH3 is 1. The highest BCUT2D eigenvalue weighted by Gasteiger charge is 2.28. The first kappa shape index (κ1) is 17.0. The predicted octanol–water partition coefficient (Wildman–Crippen LogP) is 2.92. The van der Waals surface area contributed by atoms with Gasteiger partial charge in [0.05, 0.1) is 24.5 Å². The monoisotopic (exact) mass is 368 g/mol. The number of aromatic hydroxyl groups is 1. The van der Waals surface area contributed by atoms with Crippen molar-refractivity contribution in [1.29, 1.82) is 0 Å². The Labute approximate surface area is 153 Å². The zero-order valence-corrected chi connectivity index (χ0v) is 14.4. The standard InChI is InChI=1S/C20H16O7/c1-24-17(21)9-13(11-6-7-15-16(8-11)26-10-25-15)18-19(22)12-4-2-3-5-14(12)27-20(18)23/h2-8,13,22H,9-10H2,1H3/t13-/m1/s1. The maximum absolute atomic E-state index is 12.6. The molecule has 0 saturated carbocycles. The summed E-state index contributed by atoms with van der Waals surface area (Å²) in [7, 11) is 1.27. The molecular formula is C20H16O7. The smallest absolute Gasteiger partial charge is 0.343 e. The molecule has 1 atom stereocenters. The Bertz CT molecular complexity index is 1080. The van der Waals surface area contributed by atoms with Crippen LogP contribution in [0.25, 0.3) is 11.0 Å². The second-order valence-corrected chi connectivity index (χ2v) is 6.09. The first-order valence-electron chi connectivity index (χ1n) is 8.29. The highest BCUT2D eigenvalue weighted by molar-refractivity contribution is 5.84. The van der Waals surface area contributed by atoms with E-state index in [0.29, 0.717) is 22.4 Å². The van der Waals surface area contributed by atoms with Crippen molar-refractivity contribution >= 4 is 16.9 Å². The van der Waals surface area contributed by atoms with E-state index in [1.807, 2.05) is 0 Å². The van der Waals surface area contributed by atoms with Crippen molar-refractivity contribution in [2.45, 2.75) is 12.3 Å². The van der Waals surface area contributed by atoms with E-state index in [2.05, 4.69) is 0 Å². The van der Waals surface area contributed by atoms with E-state index >= 15 is 0 Å². The van der Waals surface area contributed by atoms with Gasteiger partial charge in [0.15, 0.2) is 11.5 Å². The van der Waals surface area contributed by atoms with Crippen molar-refractivity contribution < 1.29 is 28.5 Å². The predicted molar refractivity (Wildman–Crippen MR) is 95.2 cm³/mol. The summed E-state index contributed by atoms with van der Waals surface area (Å²) in [5.74, 6) is -0.428. The third-order valence-corrected chi connectivity index (χ3v) is 4.57. The van der Waals surface area contributed by atoms with E-state index in [-0.39, 0.29) is 30.1 Å². The third kappa shape index (κ3) is 2.97. The Hall–Kier alpha value is -3.48. The molecule has 0 spiro atoms. The van der Waals surface area contributed by atoms with Crippen LogP contribution in [0, 0.1) is 0 Å². The topological polar surface area (TPSA) is 95.2 Å². The first-order chi connectivity index (χ1) is 13.1.